The van der Waals surface area contributed by atoms with Gasteiger partial charge in [0, 0.05) is 4.47 Å². The van der Waals surface area contributed by atoms with Crippen molar-refractivity contribution < 1.29 is 4.39 Å². The Hall–Kier alpha value is -1.46. The van der Waals surface area contributed by atoms with Gasteiger partial charge in [-0.05, 0) is 62.3 Å². The molecule has 2 rings (SSSR count). The van der Waals surface area contributed by atoms with Crippen molar-refractivity contribution >= 4 is 38.9 Å². The minimum Gasteiger partial charge on any atom is -0.356 e. The van der Waals surface area contributed by atoms with Crippen molar-refractivity contribution in [2.24, 2.45) is 0 Å². The van der Waals surface area contributed by atoms with Crippen molar-refractivity contribution in [3.05, 3.63) is 63.4 Å². The van der Waals surface area contributed by atoms with Crippen LogP contribution in [0.15, 0.2) is 40.9 Å². The molecule has 0 aliphatic heterocycles. The number of benzene rings is 2. The Balaban J connectivity index is 2.06. The van der Waals surface area contributed by atoms with Crippen LogP contribution in [0.1, 0.15) is 29.7 Å². The Bertz CT molecular complexity index is 703. The molecule has 2 aromatic rings. The van der Waals surface area contributed by atoms with Crippen molar-refractivity contribution in [3.8, 4) is 0 Å². The number of aryl methyl sites for hydroxylation is 2. The maximum absolute atomic E-state index is 13.8. The van der Waals surface area contributed by atoms with Gasteiger partial charge in [0.1, 0.15) is 5.82 Å². The van der Waals surface area contributed by atoms with E-state index in [0.717, 1.165) is 0 Å². The first kappa shape index (κ1) is 16.9. The lowest BCUT2D eigenvalue weighted by atomic mass is 10.0. The summed E-state index contributed by atoms with van der Waals surface area (Å²) in [5, 5.41) is 6.49. The minimum absolute atomic E-state index is 0.0402. The summed E-state index contributed by atoms with van der Waals surface area (Å²) < 4.78 is 14.5. The van der Waals surface area contributed by atoms with Crippen molar-refractivity contribution in [1.82, 2.24) is 5.32 Å². The second-order valence-corrected chi connectivity index (χ2v) is 6.63. The van der Waals surface area contributed by atoms with Crippen molar-refractivity contribution in [2.75, 3.05) is 5.32 Å². The topological polar surface area (TPSA) is 24.1 Å². The summed E-state index contributed by atoms with van der Waals surface area (Å²) >= 11 is 8.51. The Morgan fingerprint density at radius 2 is 1.91 bits per heavy atom. The number of anilines is 1. The quantitative estimate of drug-likeness (QED) is 0.710. The molecule has 22 heavy (non-hydrogen) atoms. The standard InChI is InChI=1S/C17H18BrFN2S/c1-10-4-5-11(2)14(8-10)12(3)20-17(22)21-16-7-6-13(18)9-15(16)19/h4-9,12H,1-3H3,(H2,20,21,22)/t12-/m1/s1. The van der Waals surface area contributed by atoms with Crippen LogP contribution < -0.4 is 10.6 Å². The first-order valence-corrected chi connectivity index (χ1v) is 8.16. The maximum atomic E-state index is 13.8. The maximum Gasteiger partial charge on any atom is 0.171 e. The Labute approximate surface area is 144 Å². The molecule has 116 valence electrons. The molecular formula is C17H18BrFN2S. The van der Waals surface area contributed by atoms with Crippen LogP contribution in [-0.2, 0) is 0 Å². The predicted octanol–water partition coefficient (Wildman–Crippen LogP) is 5.25. The largest absolute Gasteiger partial charge is 0.356 e. The first-order chi connectivity index (χ1) is 10.4. The molecule has 0 amide bonds. The van der Waals surface area contributed by atoms with Gasteiger partial charge in [-0.3, -0.25) is 0 Å². The summed E-state index contributed by atoms with van der Waals surface area (Å²) in [4.78, 5) is 0. The summed E-state index contributed by atoms with van der Waals surface area (Å²) in [6, 6.07) is 11.2. The van der Waals surface area contributed by atoms with E-state index in [1.807, 2.05) is 6.92 Å². The highest BCUT2D eigenvalue weighted by atomic mass is 79.9. The highest BCUT2D eigenvalue weighted by molar-refractivity contribution is 9.10. The molecule has 0 saturated carbocycles. The van der Waals surface area contributed by atoms with Crippen molar-refractivity contribution in [1.29, 1.82) is 0 Å². The van der Waals surface area contributed by atoms with E-state index in [2.05, 4.69) is 58.6 Å². The molecular weight excluding hydrogens is 363 g/mol. The second-order valence-electron chi connectivity index (χ2n) is 5.30. The minimum atomic E-state index is -0.349. The van der Waals surface area contributed by atoms with E-state index in [4.69, 9.17) is 12.2 Å². The van der Waals surface area contributed by atoms with Gasteiger partial charge in [0.15, 0.2) is 5.11 Å². The van der Waals surface area contributed by atoms with E-state index < -0.39 is 0 Å². The van der Waals surface area contributed by atoms with Crippen LogP contribution >= 0.6 is 28.1 Å². The van der Waals surface area contributed by atoms with Gasteiger partial charge in [-0.2, -0.15) is 0 Å². The molecule has 0 radical (unpaired) electrons. The van der Waals surface area contributed by atoms with Gasteiger partial charge in [-0.1, -0.05) is 39.7 Å². The SMILES string of the molecule is Cc1ccc(C)c([C@@H](C)NC(=S)Nc2ccc(Br)cc2F)c1. The zero-order valence-electron chi connectivity index (χ0n) is 12.7. The number of rotatable bonds is 3. The summed E-state index contributed by atoms with van der Waals surface area (Å²) in [5.74, 6) is -0.349. The second kappa shape index (κ2) is 7.20. The molecule has 2 aromatic carbocycles. The molecule has 5 heteroatoms. The molecule has 0 fully saturated rings. The molecule has 2 nitrogen and oxygen atoms in total. The fourth-order valence-corrected chi connectivity index (χ4v) is 2.87. The van der Waals surface area contributed by atoms with Crippen molar-refractivity contribution in [2.45, 2.75) is 26.8 Å². The van der Waals surface area contributed by atoms with Gasteiger partial charge in [0.2, 0.25) is 0 Å². The average Bonchev–Trinajstić information content (AvgIpc) is 2.44. The zero-order chi connectivity index (χ0) is 16.3. The molecule has 1 atom stereocenters. The third-order valence-corrected chi connectivity index (χ3v) is 4.14. The van der Waals surface area contributed by atoms with E-state index >= 15 is 0 Å². The molecule has 2 N–H and O–H groups in total. The number of hydrogen-bond acceptors (Lipinski definition) is 1. The van der Waals surface area contributed by atoms with Crippen LogP contribution in [0.4, 0.5) is 10.1 Å². The third-order valence-electron chi connectivity index (χ3n) is 3.43. The fourth-order valence-electron chi connectivity index (χ4n) is 2.25. The Kier molecular flexibility index (Phi) is 5.53. The molecule has 0 unspecified atom stereocenters. The highest BCUT2D eigenvalue weighted by Gasteiger charge is 2.11. The summed E-state index contributed by atoms with van der Waals surface area (Å²) in [7, 11) is 0. The molecule has 0 spiro atoms. The number of hydrogen-bond donors (Lipinski definition) is 2. The van der Waals surface area contributed by atoms with Gasteiger partial charge in [-0.15, -0.1) is 0 Å². The van der Waals surface area contributed by atoms with E-state index in [9.17, 15) is 4.39 Å². The molecule has 0 aliphatic rings. The van der Waals surface area contributed by atoms with Gasteiger partial charge in [0.05, 0.1) is 11.7 Å². The van der Waals surface area contributed by atoms with Gasteiger partial charge < -0.3 is 10.6 Å². The summed E-state index contributed by atoms with van der Waals surface area (Å²) in [5.41, 5.74) is 3.93. The number of halogens is 2. The summed E-state index contributed by atoms with van der Waals surface area (Å²) in [6.07, 6.45) is 0. The van der Waals surface area contributed by atoms with Gasteiger partial charge in [0.25, 0.3) is 0 Å². The van der Waals surface area contributed by atoms with E-state index in [0.29, 0.717) is 15.3 Å². The third kappa shape index (κ3) is 4.27. The van der Waals surface area contributed by atoms with Crippen LogP contribution in [0.3, 0.4) is 0 Å². The monoisotopic (exact) mass is 380 g/mol. The molecule has 0 heterocycles. The van der Waals surface area contributed by atoms with Crippen LogP contribution in [0.25, 0.3) is 0 Å². The highest BCUT2D eigenvalue weighted by Crippen LogP contribution is 2.21. The predicted molar refractivity (Wildman–Crippen MR) is 97.8 cm³/mol. The van der Waals surface area contributed by atoms with E-state index in [1.54, 1.807) is 12.1 Å². The molecule has 0 bridgehead atoms. The molecule has 0 aliphatic carbocycles. The zero-order valence-corrected chi connectivity index (χ0v) is 15.1. The smallest absolute Gasteiger partial charge is 0.171 e. The average molecular weight is 381 g/mol. The normalized spacial score (nSPS) is 11.9. The van der Waals surface area contributed by atoms with E-state index in [-0.39, 0.29) is 11.9 Å². The number of thiocarbonyl (C=S) groups is 1. The Morgan fingerprint density at radius 1 is 1.18 bits per heavy atom. The molecule has 0 saturated heterocycles. The van der Waals surface area contributed by atoms with Crippen molar-refractivity contribution in [3.63, 3.8) is 0 Å². The van der Waals surface area contributed by atoms with Crippen LogP contribution in [0.2, 0.25) is 0 Å². The van der Waals surface area contributed by atoms with Gasteiger partial charge >= 0.3 is 0 Å². The summed E-state index contributed by atoms with van der Waals surface area (Å²) in [6.45, 7) is 6.16. The van der Waals surface area contributed by atoms with Crippen LogP contribution in [-0.4, -0.2) is 5.11 Å². The van der Waals surface area contributed by atoms with Gasteiger partial charge in [-0.25, -0.2) is 4.39 Å². The lowest BCUT2D eigenvalue weighted by Crippen LogP contribution is -2.31. The Morgan fingerprint density at radius 3 is 2.59 bits per heavy atom. The molecule has 0 aromatic heterocycles. The van der Waals surface area contributed by atoms with Crippen LogP contribution in [0, 0.1) is 19.7 Å². The fraction of sp³-hybridized carbons (Fsp3) is 0.235. The lowest BCUT2D eigenvalue weighted by molar-refractivity contribution is 0.630. The van der Waals surface area contributed by atoms with Crippen LogP contribution in [0.5, 0.6) is 0 Å². The van der Waals surface area contributed by atoms with E-state index in [1.165, 1.54) is 22.8 Å². The first-order valence-electron chi connectivity index (χ1n) is 6.96. The number of nitrogens with one attached hydrogen (secondary N) is 2. The lowest BCUT2D eigenvalue weighted by Gasteiger charge is -2.20.